The summed E-state index contributed by atoms with van der Waals surface area (Å²) in [6.45, 7) is 6.03. The summed E-state index contributed by atoms with van der Waals surface area (Å²) in [7, 11) is 0. The average Bonchev–Trinajstić information content (AvgIpc) is 2.74. The molecular formula is C14H20ClNO. The zero-order chi connectivity index (χ0) is 12.3. The number of ether oxygens (including phenoxy) is 1. The van der Waals surface area contributed by atoms with Gasteiger partial charge in [0.05, 0.1) is 12.7 Å². The second-order valence-electron chi connectivity index (χ2n) is 4.70. The summed E-state index contributed by atoms with van der Waals surface area (Å²) in [5.41, 5.74) is 1.19. The van der Waals surface area contributed by atoms with E-state index in [1.54, 1.807) is 0 Å². The molecule has 0 amide bonds. The zero-order valence-corrected chi connectivity index (χ0v) is 11.2. The first-order chi connectivity index (χ1) is 8.22. The van der Waals surface area contributed by atoms with E-state index >= 15 is 0 Å². The molecule has 1 fully saturated rings. The van der Waals surface area contributed by atoms with E-state index < -0.39 is 0 Å². The van der Waals surface area contributed by atoms with Gasteiger partial charge in [0.2, 0.25) is 0 Å². The van der Waals surface area contributed by atoms with Crippen molar-refractivity contribution < 1.29 is 4.74 Å². The van der Waals surface area contributed by atoms with Crippen LogP contribution in [0.25, 0.3) is 0 Å². The highest BCUT2D eigenvalue weighted by molar-refractivity contribution is 6.31. The van der Waals surface area contributed by atoms with Crippen molar-refractivity contribution in [2.24, 2.45) is 5.92 Å². The van der Waals surface area contributed by atoms with Gasteiger partial charge in [-0.1, -0.05) is 36.7 Å². The maximum atomic E-state index is 6.29. The van der Waals surface area contributed by atoms with Crippen LogP contribution < -0.4 is 5.32 Å². The Balaban J connectivity index is 2.20. The molecule has 3 unspecified atom stereocenters. The van der Waals surface area contributed by atoms with Crippen molar-refractivity contribution in [3.05, 3.63) is 34.9 Å². The van der Waals surface area contributed by atoms with Crippen LogP contribution in [0.4, 0.5) is 0 Å². The molecule has 0 saturated carbocycles. The minimum Gasteiger partial charge on any atom is -0.378 e. The van der Waals surface area contributed by atoms with Crippen LogP contribution in [0.2, 0.25) is 5.02 Å². The third-order valence-corrected chi connectivity index (χ3v) is 3.71. The van der Waals surface area contributed by atoms with Gasteiger partial charge in [-0.25, -0.2) is 0 Å². The van der Waals surface area contributed by atoms with Crippen molar-refractivity contribution in [3.8, 4) is 0 Å². The number of halogens is 1. The molecule has 1 aliphatic heterocycles. The molecule has 0 spiro atoms. The number of nitrogens with one attached hydrogen (secondary N) is 1. The van der Waals surface area contributed by atoms with Crippen molar-refractivity contribution in [3.63, 3.8) is 0 Å². The third-order valence-electron chi connectivity index (χ3n) is 3.37. The van der Waals surface area contributed by atoms with Crippen LogP contribution in [0.3, 0.4) is 0 Å². The Bertz CT molecular complexity index is 369. The van der Waals surface area contributed by atoms with E-state index in [9.17, 15) is 0 Å². The Morgan fingerprint density at radius 2 is 2.24 bits per heavy atom. The highest BCUT2D eigenvalue weighted by Gasteiger charge is 2.30. The van der Waals surface area contributed by atoms with Crippen molar-refractivity contribution >= 4 is 11.6 Å². The highest BCUT2D eigenvalue weighted by Crippen LogP contribution is 2.34. The monoisotopic (exact) mass is 253 g/mol. The molecule has 3 heteroatoms. The van der Waals surface area contributed by atoms with Gasteiger partial charge < -0.3 is 10.1 Å². The Hall–Kier alpha value is -0.570. The van der Waals surface area contributed by atoms with E-state index in [1.165, 1.54) is 5.56 Å². The van der Waals surface area contributed by atoms with Crippen molar-refractivity contribution in [1.82, 2.24) is 5.32 Å². The average molecular weight is 254 g/mol. The van der Waals surface area contributed by atoms with Gasteiger partial charge in [-0.05, 0) is 31.5 Å². The molecule has 2 rings (SSSR count). The fourth-order valence-corrected chi connectivity index (χ4v) is 2.81. The number of benzene rings is 1. The fourth-order valence-electron chi connectivity index (χ4n) is 2.56. The molecule has 1 aliphatic rings. The normalized spacial score (nSPS) is 26.1. The maximum Gasteiger partial charge on any atom is 0.0551 e. The lowest BCUT2D eigenvalue weighted by Crippen LogP contribution is -2.29. The Morgan fingerprint density at radius 3 is 2.82 bits per heavy atom. The number of hydrogen-bond donors (Lipinski definition) is 1. The van der Waals surface area contributed by atoms with Gasteiger partial charge in [0.15, 0.2) is 0 Å². The van der Waals surface area contributed by atoms with Crippen molar-refractivity contribution in [2.75, 3.05) is 13.2 Å². The minimum absolute atomic E-state index is 0.304. The van der Waals surface area contributed by atoms with Crippen molar-refractivity contribution in [1.29, 1.82) is 0 Å². The molecule has 3 atom stereocenters. The Kier molecular flexibility index (Phi) is 4.43. The summed E-state index contributed by atoms with van der Waals surface area (Å²) < 4.78 is 5.67. The quantitative estimate of drug-likeness (QED) is 0.888. The van der Waals surface area contributed by atoms with Crippen LogP contribution in [-0.4, -0.2) is 19.3 Å². The summed E-state index contributed by atoms with van der Waals surface area (Å²) in [5, 5.41) is 4.38. The molecule has 17 heavy (non-hydrogen) atoms. The van der Waals surface area contributed by atoms with Crippen LogP contribution in [0.1, 0.15) is 31.9 Å². The first kappa shape index (κ1) is 12.9. The van der Waals surface area contributed by atoms with Crippen LogP contribution in [-0.2, 0) is 4.74 Å². The molecule has 94 valence electrons. The Labute approximate surface area is 108 Å². The van der Waals surface area contributed by atoms with Gasteiger partial charge in [0.25, 0.3) is 0 Å². The smallest absolute Gasteiger partial charge is 0.0551 e. The molecule has 1 heterocycles. The van der Waals surface area contributed by atoms with E-state index in [2.05, 4.69) is 25.2 Å². The van der Waals surface area contributed by atoms with E-state index in [1.807, 2.05) is 18.2 Å². The van der Waals surface area contributed by atoms with Crippen LogP contribution in [0.15, 0.2) is 24.3 Å². The van der Waals surface area contributed by atoms with E-state index in [0.717, 1.165) is 24.6 Å². The summed E-state index contributed by atoms with van der Waals surface area (Å²) in [5.74, 6) is 0.518. The molecule has 0 aliphatic carbocycles. The zero-order valence-electron chi connectivity index (χ0n) is 10.4. The fraction of sp³-hybridized carbons (Fsp3) is 0.571. The Morgan fingerprint density at radius 1 is 1.47 bits per heavy atom. The second-order valence-corrected chi connectivity index (χ2v) is 5.10. The molecule has 0 radical (unpaired) electrons. The second kappa shape index (κ2) is 5.85. The van der Waals surface area contributed by atoms with E-state index in [0.29, 0.717) is 18.1 Å². The maximum absolute atomic E-state index is 6.29. The predicted octanol–water partition coefficient (Wildman–Crippen LogP) is 3.42. The minimum atomic E-state index is 0.304. The first-order valence-corrected chi connectivity index (χ1v) is 6.69. The molecule has 0 bridgehead atoms. The molecule has 1 N–H and O–H groups in total. The standard InChI is InChI=1S/C14H20ClNO/c1-3-16-14(11-8-10(2)17-9-11)12-6-4-5-7-13(12)15/h4-7,10-11,14,16H,3,8-9H2,1-2H3. The van der Waals surface area contributed by atoms with Gasteiger partial charge in [-0.3, -0.25) is 0 Å². The molecule has 2 nitrogen and oxygen atoms in total. The van der Waals surface area contributed by atoms with Gasteiger partial charge in [0, 0.05) is 17.0 Å². The first-order valence-electron chi connectivity index (χ1n) is 6.31. The van der Waals surface area contributed by atoms with E-state index in [-0.39, 0.29) is 0 Å². The lowest BCUT2D eigenvalue weighted by atomic mass is 9.91. The van der Waals surface area contributed by atoms with E-state index in [4.69, 9.17) is 16.3 Å². The molecule has 1 aromatic rings. The van der Waals surface area contributed by atoms with Crippen molar-refractivity contribution in [2.45, 2.75) is 32.4 Å². The largest absolute Gasteiger partial charge is 0.378 e. The lowest BCUT2D eigenvalue weighted by Gasteiger charge is -2.24. The number of rotatable bonds is 4. The lowest BCUT2D eigenvalue weighted by molar-refractivity contribution is 0.117. The SMILES string of the molecule is CCNC(c1ccccc1Cl)C1COC(C)C1. The summed E-state index contributed by atoms with van der Waals surface area (Å²) in [6, 6.07) is 8.39. The van der Waals surface area contributed by atoms with Gasteiger partial charge in [-0.15, -0.1) is 0 Å². The topological polar surface area (TPSA) is 21.3 Å². The molecular weight excluding hydrogens is 234 g/mol. The van der Waals surface area contributed by atoms with Crippen LogP contribution in [0, 0.1) is 5.92 Å². The summed E-state index contributed by atoms with van der Waals surface area (Å²) in [4.78, 5) is 0. The molecule has 0 aromatic heterocycles. The van der Waals surface area contributed by atoms with Gasteiger partial charge in [-0.2, -0.15) is 0 Å². The van der Waals surface area contributed by atoms with Gasteiger partial charge >= 0.3 is 0 Å². The molecule has 1 saturated heterocycles. The van der Waals surface area contributed by atoms with Gasteiger partial charge in [0.1, 0.15) is 0 Å². The predicted molar refractivity (Wildman–Crippen MR) is 71.4 cm³/mol. The van der Waals surface area contributed by atoms with Crippen LogP contribution >= 0.6 is 11.6 Å². The van der Waals surface area contributed by atoms with Crippen LogP contribution in [0.5, 0.6) is 0 Å². The summed E-state index contributed by atoms with van der Waals surface area (Å²) >= 11 is 6.29. The molecule has 1 aromatic carbocycles. The number of hydrogen-bond acceptors (Lipinski definition) is 2. The highest BCUT2D eigenvalue weighted by atomic mass is 35.5. The third kappa shape index (κ3) is 3.01. The summed E-state index contributed by atoms with van der Waals surface area (Å²) in [6.07, 6.45) is 1.46.